The van der Waals surface area contributed by atoms with E-state index < -0.39 is 5.91 Å². The number of benzene rings is 2. The molecule has 0 atom stereocenters. The van der Waals surface area contributed by atoms with Gasteiger partial charge in [-0.2, -0.15) is 0 Å². The highest BCUT2D eigenvalue weighted by atomic mass is 79.9. The van der Waals surface area contributed by atoms with E-state index in [0.717, 1.165) is 0 Å². The van der Waals surface area contributed by atoms with Crippen LogP contribution < -0.4 is 15.4 Å². The molecule has 1 aliphatic heterocycles. The first-order valence-corrected chi connectivity index (χ1v) is 8.18. The number of ether oxygens (including phenoxy) is 1. The van der Waals surface area contributed by atoms with Gasteiger partial charge in [0.15, 0.2) is 16.2 Å². The molecule has 1 aliphatic rings. The van der Waals surface area contributed by atoms with Crippen molar-refractivity contribution >= 4 is 39.1 Å². The third kappa shape index (κ3) is 3.01. The molecule has 0 fully saturated rings. The molecule has 0 aliphatic carbocycles. The summed E-state index contributed by atoms with van der Waals surface area (Å²) < 4.78 is 11.5. The Labute approximate surface area is 150 Å². The number of anilines is 2. The summed E-state index contributed by atoms with van der Waals surface area (Å²) in [7, 11) is 0. The summed E-state index contributed by atoms with van der Waals surface area (Å²) in [6.07, 6.45) is 0. The van der Waals surface area contributed by atoms with Crippen molar-refractivity contribution in [1.29, 1.82) is 0 Å². The smallest absolute Gasteiger partial charge is 0.291 e. The molecule has 0 spiro atoms. The highest BCUT2D eigenvalue weighted by Gasteiger charge is 2.21. The molecule has 4 rings (SSSR count). The van der Waals surface area contributed by atoms with Crippen LogP contribution in [0.4, 0.5) is 11.4 Å². The molecule has 0 bridgehead atoms. The van der Waals surface area contributed by atoms with E-state index in [0.29, 0.717) is 33.1 Å². The number of carbonyl (C=O) groups is 2. The van der Waals surface area contributed by atoms with Crippen LogP contribution in [0, 0.1) is 0 Å². The summed E-state index contributed by atoms with van der Waals surface area (Å²) in [5.41, 5.74) is 1.38. The maximum absolute atomic E-state index is 12.5. The van der Waals surface area contributed by atoms with Crippen molar-refractivity contribution in [3.05, 3.63) is 70.6 Å². The lowest BCUT2D eigenvalue weighted by molar-refractivity contribution is 0.0992. The highest BCUT2D eigenvalue weighted by Crippen LogP contribution is 2.36. The maximum atomic E-state index is 12.5. The number of para-hydroxylation sites is 2. The first-order valence-electron chi connectivity index (χ1n) is 7.39. The number of furan rings is 1. The van der Waals surface area contributed by atoms with E-state index in [1.165, 1.54) is 0 Å². The van der Waals surface area contributed by atoms with Gasteiger partial charge in [-0.05, 0) is 58.4 Å². The van der Waals surface area contributed by atoms with Crippen molar-refractivity contribution in [2.45, 2.75) is 0 Å². The molecule has 25 heavy (non-hydrogen) atoms. The Kier molecular flexibility index (Phi) is 3.77. The topological polar surface area (TPSA) is 80.6 Å². The molecular formula is C18H11BrN2O4. The number of hydrogen-bond acceptors (Lipinski definition) is 4. The first kappa shape index (κ1) is 15.5. The Morgan fingerprint density at radius 1 is 1.04 bits per heavy atom. The number of hydrogen-bond donors (Lipinski definition) is 2. The van der Waals surface area contributed by atoms with Crippen LogP contribution in [-0.4, -0.2) is 11.8 Å². The molecule has 0 saturated carbocycles. The number of carbonyl (C=O) groups excluding carboxylic acids is 2. The summed E-state index contributed by atoms with van der Waals surface area (Å²) in [6, 6.07) is 15.2. The van der Waals surface area contributed by atoms with Gasteiger partial charge in [0.25, 0.3) is 11.8 Å². The molecule has 1 aromatic heterocycles. The van der Waals surface area contributed by atoms with E-state index in [4.69, 9.17) is 9.15 Å². The van der Waals surface area contributed by atoms with Crippen LogP contribution >= 0.6 is 15.9 Å². The van der Waals surface area contributed by atoms with Gasteiger partial charge in [0, 0.05) is 5.69 Å². The Bertz CT molecular complexity index is 996. The van der Waals surface area contributed by atoms with Crippen molar-refractivity contribution in [3.63, 3.8) is 0 Å². The monoisotopic (exact) mass is 398 g/mol. The van der Waals surface area contributed by atoms with Crippen LogP contribution in [0.25, 0.3) is 0 Å². The molecule has 124 valence electrons. The summed E-state index contributed by atoms with van der Waals surface area (Å²) in [5.74, 6) is 0.420. The zero-order valence-electron chi connectivity index (χ0n) is 12.7. The quantitative estimate of drug-likeness (QED) is 0.657. The largest absolute Gasteiger partial charge is 0.454 e. The molecule has 0 unspecified atom stereocenters. The lowest BCUT2D eigenvalue weighted by atomic mass is 10.1. The van der Waals surface area contributed by atoms with Crippen molar-refractivity contribution < 1.29 is 18.7 Å². The van der Waals surface area contributed by atoms with Crippen LogP contribution in [0.2, 0.25) is 0 Å². The number of halogens is 1. The van der Waals surface area contributed by atoms with Gasteiger partial charge in [0.05, 0.1) is 11.3 Å². The van der Waals surface area contributed by atoms with Crippen LogP contribution in [0.3, 0.4) is 0 Å². The molecule has 2 aromatic carbocycles. The molecular weight excluding hydrogens is 388 g/mol. The fourth-order valence-corrected chi connectivity index (χ4v) is 2.78. The van der Waals surface area contributed by atoms with Gasteiger partial charge in [-0.15, -0.1) is 0 Å². The third-order valence-electron chi connectivity index (χ3n) is 3.63. The van der Waals surface area contributed by atoms with E-state index in [1.807, 2.05) is 12.1 Å². The zero-order valence-corrected chi connectivity index (χ0v) is 14.3. The Hall–Kier alpha value is -3.06. The third-order valence-corrected chi connectivity index (χ3v) is 4.06. The summed E-state index contributed by atoms with van der Waals surface area (Å²) >= 11 is 3.15. The van der Waals surface area contributed by atoms with Crippen LogP contribution in [0.1, 0.15) is 20.9 Å². The standard InChI is InChI=1S/C18H11BrN2O4/c19-16-8-7-15(25-16)18(23)20-10-5-6-13-11(9-10)17(22)21-12-3-1-2-4-14(12)24-13/h1-9H,(H,20,23)(H,21,22). The van der Waals surface area contributed by atoms with Crippen LogP contribution in [-0.2, 0) is 0 Å². The van der Waals surface area contributed by atoms with Gasteiger partial charge in [0.1, 0.15) is 5.75 Å². The molecule has 2 heterocycles. The van der Waals surface area contributed by atoms with Crippen LogP contribution in [0.5, 0.6) is 11.5 Å². The Morgan fingerprint density at radius 2 is 1.88 bits per heavy atom. The second kappa shape index (κ2) is 6.10. The number of nitrogens with one attached hydrogen (secondary N) is 2. The summed E-state index contributed by atoms with van der Waals surface area (Å²) in [5, 5.41) is 5.49. The molecule has 2 amide bonds. The SMILES string of the molecule is O=C(Nc1ccc2c(c1)C(=O)Nc1ccccc1O2)c1ccc(Br)o1. The van der Waals surface area contributed by atoms with Gasteiger partial charge in [-0.25, -0.2) is 0 Å². The molecule has 6 nitrogen and oxygen atoms in total. The lowest BCUT2D eigenvalue weighted by Crippen LogP contribution is -2.13. The lowest BCUT2D eigenvalue weighted by Gasteiger charge is -2.09. The van der Waals surface area contributed by atoms with Crippen molar-refractivity contribution in [3.8, 4) is 11.5 Å². The second-order valence-corrected chi connectivity index (χ2v) is 6.10. The summed E-state index contributed by atoms with van der Waals surface area (Å²) in [4.78, 5) is 24.6. The van der Waals surface area contributed by atoms with E-state index in [9.17, 15) is 9.59 Å². The van der Waals surface area contributed by atoms with Crippen molar-refractivity contribution in [2.24, 2.45) is 0 Å². The summed E-state index contributed by atoms with van der Waals surface area (Å²) in [6.45, 7) is 0. The minimum Gasteiger partial charge on any atom is -0.454 e. The molecule has 0 radical (unpaired) electrons. The van der Waals surface area contributed by atoms with E-state index in [2.05, 4.69) is 26.6 Å². The van der Waals surface area contributed by atoms with E-state index in [1.54, 1.807) is 42.5 Å². The molecule has 7 heteroatoms. The average molecular weight is 399 g/mol. The molecule has 3 aromatic rings. The minimum absolute atomic E-state index is 0.162. The maximum Gasteiger partial charge on any atom is 0.291 e. The van der Waals surface area contributed by atoms with Gasteiger partial charge in [-0.3, -0.25) is 9.59 Å². The predicted octanol–water partition coefficient (Wildman–Crippen LogP) is 4.65. The minimum atomic E-state index is -0.413. The Morgan fingerprint density at radius 3 is 2.68 bits per heavy atom. The second-order valence-electron chi connectivity index (χ2n) is 5.32. The number of rotatable bonds is 2. The van der Waals surface area contributed by atoms with E-state index >= 15 is 0 Å². The van der Waals surface area contributed by atoms with Crippen LogP contribution in [0.15, 0.2) is 63.7 Å². The normalized spacial score (nSPS) is 12.3. The van der Waals surface area contributed by atoms with Gasteiger partial charge in [0.2, 0.25) is 0 Å². The van der Waals surface area contributed by atoms with Gasteiger partial charge in [-0.1, -0.05) is 12.1 Å². The fraction of sp³-hybridized carbons (Fsp3) is 0. The average Bonchev–Trinajstić information content (AvgIpc) is 2.98. The van der Waals surface area contributed by atoms with Gasteiger partial charge >= 0.3 is 0 Å². The van der Waals surface area contributed by atoms with E-state index in [-0.39, 0.29) is 11.7 Å². The molecule has 0 saturated heterocycles. The first-order chi connectivity index (χ1) is 12.1. The Balaban J connectivity index is 1.63. The van der Waals surface area contributed by atoms with Crippen molar-refractivity contribution in [1.82, 2.24) is 0 Å². The van der Waals surface area contributed by atoms with Gasteiger partial charge < -0.3 is 19.8 Å². The molecule has 2 N–H and O–H groups in total. The number of fused-ring (bicyclic) bond motifs is 2. The highest BCUT2D eigenvalue weighted by molar-refractivity contribution is 9.10. The zero-order chi connectivity index (χ0) is 17.4. The fourth-order valence-electron chi connectivity index (χ4n) is 2.47. The number of amides is 2. The van der Waals surface area contributed by atoms with Crippen molar-refractivity contribution in [2.75, 3.05) is 10.6 Å². The predicted molar refractivity (Wildman–Crippen MR) is 95.3 cm³/mol.